The SMILES string of the molecule is CC[C@H](Oc1cccc(OC)c1)C(=O)N1[C@H]2CC[C@H]1c1cnc3cc(C)nn3c1C2. The molecule has 0 spiro atoms. The van der Waals surface area contributed by atoms with Gasteiger partial charge in [-0.2, -0.15) is 5.10 Å². The van der Waals surface area contributed by atoms with Gasteiger partial charge in [0.05, 0.1) is 24.5 Å². The van der Waals surface area contributed by atoms with Gasteiger partial charge < -0.3 is 14.4 Å². The zero-order valence-electron chi connectivity index (χ0n) is 17.5. The van der Waals surface area contributed by atoms with Gasteiger partial charge in [-0.3, -0.25) is 4.79 Å². The standard InChI is InChI=1S/C23H26N4O3/c1-4-21(30-17-7-5-6-16(12-17)29-3)23(28)26-15-8-9-19(26)18-13-24-22-10-14(2)25-27(22)20(18)11-15/h5-7,10,12-13,15,19,21H,4,8-9,11H2,1-3H3/t15-,19-,21-/m0/s1. The monoisotopic (exact) mass is 406 g/mol. The minimum atomic E-state index is -0.523. The number of carbonyl (C=O) groups excluding carboxylic acids is 1. The average Bonchev–Trinajstić information content (AvgIpc) is 3.30. The second kappa shape index (κ2) is 7.31. The Balaban J connectivity index is 1.44. The third-order valence-corrected chi connectivity index (χ3v) is 6.25. The van der Waals surface area contributed by atoms with Crippen LogP contribution in [-0.2, 0) is 11.2 Å². The summed E-state index contributed by atoms with van der Waals surface area (Å²) in [6.45, 7) is 3.97. The first-order valence-corrected chi connectivity index (χ1v) is 10.6. The minimum absolute atomic E-state index is 0.0376. The van der Waals surface area contributed by atoms with E-state index < -0.39 is 6.10 Å². The summed E-state index contributed by atoms with van der Waals surface area (Å²) in [6, 6.07) is 9.62. The van der Waals surface area contributed by atoms with Crippen LogP contribution < -0.4 is 9.47 Å². The number of carbonyl (C=O) groups is 1. The van der Waals surface area contributed by atoms with Gasteiger partial charge in [0.2, 0.25) is 0 Å². The van der Waals surface area contributed by atoms with Gasteiger partial charge in [-0.15, -0.1) is 0 Å². The van der Waals surface area contributed by atoms with Crippen molar-refractivity contribution in [3.05, 3.63) is 53.5 Å². The van der Waals surface area contributed by atoms with E-state index in [1.54, 1.807) is 7.11 Å². The fourth-order valence-corrected chi connectivity index (χ4v) is 4.85. The van der Waals surface area contributed by atoms with E-state index in [1.807, 2.05) is 59.8 Å². The van der Waals surface area contributed by atoms with Crippen molar-refractivity contribution in [3.8, 4) is 11.5 Å². The molecular weight excluding hydrogens is 380 g/mol. The number of fused-ring (bicyclic) bond motifs is 6. The Morgan fingerprint density at radius 3 is 2.90 bits per heavy atom. The highest BCUT2D eigenvalue weighted by atomic mass is 16.5. The lowest BCUT2D eigenvalue weighted by atomic mass is 9.98. The molecule has 30 heavy (non-hydrogen) atoms. The third kappa shape index (κ3) is 3.00. The fourth-order valence-electron chi connectivity index (χ4n) is 4.85. The summed E-state index contributed by atoms with van der Waals surface area (Å²) in [5, 5.41) is 4.63. The van der Waals surface area contributed by atoms with Gasteiger partial charge in [0.1, 0.15) is 11.5 Å². The molecule has 0 aliphatic carbocycles. The van der Waals surface area contributed by atoms with E-state index in [0.29, 0.717) is 17.9 Å². The zero-order chi connectivity index (χ0) is 20.8. The maximum Gasteiger partial charge on any atom is 0.264 e. The van der Waals surface area contributed by atoms with Gasteiger partial charge >= 0.3 is 0 Å². The fraction of sp³-hybridized carbons (Fsp3) is 0.435. The quantitative estimate of drug-likeness (QED) is 0.649. The molecule has 2 aliphatic heterocycles. The first-order chi connectivity index (χ1) is 14.6. The molecule has 0 saturated carbocycles. The molecule has 1 fully saturated rings. The largest absolute Gasteiger partial charge is 0.497 e. The summed E-state index contributed by atoms with van der Waals surface area (Å²) in [7, 11) is 1.62. The molecule has 4 heterocycles. The van der Waals surface area contributed by atoms with Crippen molar-refractivity contribution in [2.75, 3.05) is 7.11 Å². The average molecular weight is 406 g/mol. The van der Waals surface area contributed by atoms with E-state index in [4.69, 9.17) is 9.47 Å². The maximum absolute atomic E-state index is 13.6. The zero-order valence-corrected chi connectivity index (χ0v) is 17.5. The van der Waals surface area contributed by atoms with Crippen LogP contribution in [0.4, 0.5) is 0 Å². The number of aromatic nitrogens is 3. The van der Waals surface area contributed by atoms with Crippen molar-refractivity contribution in [2.24, 2.45) is 0 Å². The van der Waals surface area contributed by atoms with Crippen molar-refractivity contribution in [1.82, 2.24) is 19.5 Å². The Kier molecular flexibility index (Phi) is 4.60. The number of benzene rings is 1. The van der Waals surface area contributed by atoms with Crippen LogP contribution in [0.1, 0.15) is 49.2 Å². The molecule has 0 radical (unpaired) electrons. The maximum atomic E-state index is 13.6. The molecule has 0 N–H and O–H groups in total. The second-order valence-electron chi connectivity index (χ2n) is 8.11. The Labute approximate surface area is 175 Å². The molecule has 7 nitrogen and oxygen atoms in total. The lowest BCUT2D eigenvalue weighted by molar-refractivity contribution is -0.142. The molecule has 156 valence electrons. The first kappa shape index (κ1) is 18.9. The van der Waals surface area contributed by atoms with Gasteiger partial charge in [0, 0.05) is 36.4 Å². The lowest BCUT2D eigenvalue weighted by Gasteiger charge is -2.38. The van der Waals surface area contributed by atoms with E-state index in [9.17, 15) is 4.79 Å². The van der Waals surface area contributed by atoms with E-state index in [-0.39, 0.29) is 18.0 Å². The van der Waals surface area contributed by atoms with Gasteiger partial charge in [-0.05, 0) is 38.3 Å². The van der Waals surface area contributed by atoms with Gasteiger partial charge in [0.25, 0.3) is 5.91 Å². The van der Waals surface area contributed by atoms with Gasteiger partial charge in [0.15, 0.2) is 11.8 Å². The van der Waals surface area contributed by atoms with Crippen LogP contribution in [0.5, 0.6) is 11.5 Å². The molecule has 0 unspecified atom stereocenters. The Morgan fingerprint density at radius 2 is 2.10 bits per heavy atom. The molecule has 3 aromatic rings. The number of methoxy groups -OCH3 is 1. The molecule has 5 rings (SSSR count). The predicted molar refractivity (Wildman–Crippen MR) is 112 cm³/mol. The molecule has 2 aromatic heterocycles. The van der Waals surface area contributed by atoms with Gasteiger partial charge in [-0.1, -0.05) is 13.0 Å². The van der Waals surface area contributed by atoms with E-state index in [2.05, 4.69) is 10.1 Å². The summed E-state index contributed by atoms with van der Waals surface area (Å²) >= 11 is 0. The summed E-state index contributed by atoms with van der Waals surface area (Å²) < 4.78 is 13.3. The highest BCUT2D eigenvalue weighted by Gasteiger charge is 2.45. The van der Waals surface area contributed by atoms with Crippen molar-refractivity contribution in [3.63, 3.8) is 0 Å². The molecule has 1 amide bonds. The topological polar surface area (TPSA) is 69.0 Å². The van der Waals surface area contributed by atoms with E-state index >= 15 is 0 Å². The summed E-state index contributed by atoms with van der Waals surface area (Å²) in [6.07, 6.45) is 4.75. The number of amides is 1. The molecule has 1 aromatic carbocycles. The normalized spacial score (nSPS) is 20.8. The number of aryl methyl sites for hydroxylation is 1. The molecule has 2 aliphatic rings. The Hall–Kier alpha value is -3.09. The number of hydrogen-bond acceptors (Lipinski definition) is 5. The first-order valence-electron chi connectivity index (χ1n) is 10.6. The number of nitrogens with zero attached hydrogens (tertiary/aromatic N) is 4. The highest BCUT2D eigenvalue weighted by molar-refractivity contribution is 5.83. The van der Waals surface area contributed by atoms with Crippen molar-refractivity contribution in [1.29, 1.82) is 0 Å². The second-order valence-corrected chi connectivity index (χ2v) is 8.11. The summed E-state index contributed by atoms with van der Waals surface area (Å²) in [4.78, 5) is 20.2. The van der Waals surface area contributed by atoms with Crippen LogP contribution in [0.15, 0.2) is 36.5 Å². The van der Waals surface area contributed by atoms with Crippen LogP contribution in [0.2, 0.25) is 0 Å². The highest BCUT2D eigenvalue weighted by Crippen LogP contribution is 2.44. The van der Waals surface area contributed by atoms with Crippen LogP contribution in [0.3, 0.4) is 0 Å². The molecule has 3 atom stereocenters. The van der Waals surface area contributed by atoms with Gasteiger partial charge in [-0.25, -0.2) is 9.50 Å². The lowest BCUT2D eigenvalue weighted by Crippen LogP contribution is -2.48. The molecule has 2 bridgehead atoms. The Bertz CT molecular complexity index is 1110. The molecular formula is C23H26N4O3. The molecule has 7 heteroatoms. The van der Waals surface area contributed by atoms with Crippen LogP contribution >= 0.6 is 0 Å². The minimum Gasteiger partial charge on any atom is -0.497 e. The number of hydrogen-bond donors (Lipinski definition) is 0. The van der Waals surface area contributed by atoms with Crippen LogP contribution in [-0.4, -0.2) is 44.7 Å². The van der Waals surface area contributed by atoms with Crippen molar-refractivity contribution in [2.45, 2.75) is 57.7 Å². The van der Waals surface area contributed by atoms with Crippen molar-refractivity contribution < 1.29 is 14.3 Å². The van der Waals surface area contributed by atoms with Crippen LogP contribution in [0, 0.1) is 6.92 Å². The Morgan fingerprint density at radius 1 is 1.27 bits per heavy atom. The predicted octanol–water partition coefficient (Wildman–Crippen LogP) is 3.49. The smallest absolute Gasteiger partial charge is 0.264 e. The van der Waals surface area contributed by atoms with E-state index in [0.717, 1.165) is 36.2 Å². The summed E-state index contributed by atoms with van der Waals surface area (Å²) in [5.74, 6) is 1.41. The molecule has 1 saturated heterocycles. The third-order valence-electron chi connectivity index (χ3n) is 6.25. The van der Waals surface area contributed by atoms with E-state index in [1.165, 1.54) is 5.69 Å². The number of rotatable bonds is 5. The van der Waals surface area contributed by atoms with Crippen LogP contribution in [0.25, 0.3) is 5.65 Å². The number of ether oxygens (including phenoxy) is 2. The summed E-state index contributed by atoms with van der Waals surface area (Å²) in [5.41, 5.74) is 4.13. The van der Waals surface area contributed by atoms with Crippen molar-refractivity contribution >= 4 is 11.6 Å².